The molecule has 0 N–H and O–H groups in total. The second kappa shape index (κ2) is 97.1. The molecule has 2 heteroatoms. The van der Waals surface area contributed by atoms with Crippen LogP contribution in [0.2, 0.25) is 0 Å². The Hall–Kier alpha value is -0.135. The van der Waals surface area contributed by atoms with Gasteiger partial charge in [-0.1, -0.05) is 22.3 Å². The molecule has 0 heterocycles. The van der Waals surface area contributed by atoms with E-state index in [4.69, 9.17) is 0 Å². The molecule has 0 aliphatic carbocycles. The fraction of sp³-hybridized carbons (Fsp3) is 1.00. The van der Waals surface area contributed by atoms with Gasteiger partial charge in [0.1, 0.15) is 0 Å². The van der Waals surface area contributed by atoms with Gasteiger partial charge in [-0.3, -0.25) is 0 Å². The van der Waals surface area contributed by atoms with E-state index >= 15 is 0 Å². The van der Waals surface area contributed by atoms with E-state index in [1.54, 1.807) is 0 Å². The number of hydrogen-bond donors (Lipinski definition) is 0. The molecule has 395 valence electrons. The Morgan fingerprint density at radius 3 is 1.33 bits per heavy atom. The van der Waals surface area contributed by atoms with Crippen molar-refractivity contribution >= 4 is 7.64 Å². The molecule has 0 amide bonds. The zero-order valence-electron chi connectivity index (χ0n) is 2.02. The monoisotopic (exact) mass is 447 g/mol. The van der Waals surface area contributed by atoms with Gasteiger partial charge < -0.3 is 0 Å². The molecule has 0 fully saturated rings. The minimum absolute atomic E-state index is 0. The first-order valence-electron chi connectivity index (χ1n) is 0.705. The fourth-order valence-corrected chi connectivity index (χ4v) is 0. The molecule has 0 saturated heterocycles. The van der Waals surface area contributed by atoms with E-state index < -0.39 is 0 Å². The summed E-state index contributed by atoms with van der Waals surface area (Å²) in [5.74, 6) is 0. The molecular formula is C4H371BN. The maximum absolute atomic E-state index is 4.47. The van der Waals surface area contributed by atoms with Gasteiger partial charge in [0.25, 0.3) is 0 Å². The minimum atomic E-state index is 0. The zero-order chi connectivity index (χ0) is 2.71. The smallest absolute Gasteiger partial charge is 0 e. The molecule has 0 rings (SSSR count). The van der Waals surface area contributed by atoms with E-state index in [-0.39, 0.29) is 276 Å². The summed E-state index contributed by atoms with van der Waals surface area (Å²) in [5, 5.41) is 0. The molecule has 0 atom stereocenters. The fourth-order valence-electron chi connectivity index (χ4n) is 0. The van der Waals surface area contributed by atoms with E-state index in [1.807, 2.05) is 0 Å². The predicted octanol–water partition coefficient (Wildman–Crippen LogP) is 45.7. The molecular weight excluding hydrogens is 72.9 g/mol. The van der Waals surface area contributed by atoms with Crippen molar-refractivity contribution in [2.75, 3.05) is 7.05 Å². The summed E-state index contributed by atoms with van der Waals surface area (Å²) >= 11 is 0. The quantitative estimate of drug-likeness (QED) is 0.328. The summed E-state index contributed by atoms with van der Waals surface area (Å²) in [4.78, 5) is 3.00. The second-order valence-electron chi connectivity index (χ2n) is 0.258. The van der Waals surface area contributed by atoms with Crippen molar-refractivity contribution in [3.63, 3.8) is 0 Å². The van der Waals surface area contributed by atoms with Crippen LogP contribution in [0.25, 0.3) is 0 Å². The topological polar surface area (TPSA) is 12.4 Å². The Morgan fingerprint density at radius 1 is 1.33 bits per heavy atom. The summed E-state index contributed by atoms with van der Waals surface area (Å²) in [5.41, 5.74) is 0. The van der Waals surface area contributed by atoms with Gasteiger partial charge in [0.15, 0.2) is 0 Å². The van der Waals surface area contributed by atoms with Crippen LogP contribution in [0.4, 0.5) is 0 Å². The van der Waals surface area contributed by atoms with E-state index in [9.17, 15) is 0 Å². The minimum Gasteiger partial charge on any atom is 0 e. The third-order valence-corrected chi connectivity index (χ3v) is 0. The van der Waals surface area contributed by atoms with Crippen LogP contribution >= 0.6 is 0 Å². The van der Waals surface area contributed by atoms with Crippen LogP contribution < -0.4 is 0 Å². The Morgan fingerprint density at radius 2 is 1.33 bits per heavy atom. The third kappa shape index (κ3) is 1740. The Labute approximate surface area is 307 Å². The van der Waals surface area contributed by atoms with Crippen LogP contribution in [0.3, 0.4) is 0 Å². The summed E-state index contributed by atoms with van der Waals surface area (Å²) in [6, 6.07) is 0. The Balaban J connectivity index is -0.00000000000123. The molecule has 0 bridgehead atoms. The SMILES string of the molecule is C.C.C.[B]=NC.[HH].[HH].[HH].[HH].[HH].[HH].[HH].[HH].[HH].[HH].[HH].[HH].[HH].[HH].[HH].[HH].[HH].[HH].[HH].[HH].[HH].[HH].[HH].[HH].[HH].[HH].[HH].[HH].[HH].[HH].[HH].[HH].[HH].[HH].[HH].[HH].[HH].[HH].[HH].[HH].[HH].[HH].[HH].[HH].[HH].[HH].[HH].[HH].[HH].[HH].[HH].[HH].[HH].[HH].[HH].[HH].[HH].[HH].[HH].[HH].[HH].[HH].[HH].[HH].[HH].[HH].[HH].[HH].[HH].[HH].[HH].[HH].[HH].[HH].[HH].[HH].[HH].[HH].[HH].[HH].[HH].[HH].[HH].[HH].[HH].[HH].[HH].[HH].[HH].[HH].[HH].[HH].[HH].[HH].[HH].[HH].[HH].[HH].[HH].[HH].[HH].[HH].[HH].[HH].[HH].[HH].[HH].[HH].[HH].[HH].[HH].[HH].[HH].[HH].[HH].[HH].[HH].[HH].[HH].[HH].[HH].[HH].[HH].[HH].[HH].[HH].[HH].[HH].[HH].[HH].[HH].[HH].[HH].[HH].[HH].[HH].[HH].[HH].[HH].[HH].[HH].[HH].[HH].[HH].[HH].[HH].[HH].[HH].[HH].[HH].[HH].[HH].[HH].[HH].[HH].[HH].[HH].[HH].[HH].[HH].[HH].[HH].[HH].[HH].[HH].[HH].[HH].[HH].[HH].[HH].[HH].[HH].[HH].[HH].[HH].[HH].[HH].[HH]. The summed E-state index contributed by atoms with van der Waals surface area (Å²) in [6.07, 6.45) is 0. The van der Waals surface area contributed by atoms with Crippen LogP contribution in [-0.2, 0) is 0 Å². The van der Waals surface area contributed by atoms with Crippen molar-refractivity contribution in [3.05, 3.63) is 0 Å². The Bertz CT molecular complexity index is 53.2. The van der Waals surface area contributed by atoms with Crippen molar-refractivity contribution in [1.29, 1.82) is 0 Å². The zero-order valence-corrected chi connectivity index (χ0v) is 2.02. The van der Waals surface area contributed by atoms with Gasteiger partial charge in [-0.2, -0.15) is 0 Å². The number of hydrogen-bond acceptors (Lipinski definition) is 1. The third-order valence-electron chi connectivity index (χ3n) is 0. The van der Waals surface area contributed by atoms with Gasteiger partial charge in [-0.15, -0.1) is 0 Å². The van der Waals surface area contributed by atoms with Gasteiger partial charge in [0, 0.05) is 254 Å². The molecule has 1 radical (unpaired) electrons. The first kappa shape index (κ1) is 39.9. The second-order valence-corrected chi connectivity index (χ2v) is 0.258. The van der Waals surface area contributed by atoms with Crippen molar-refractivity contribution in [2.45, 2.75) is 22.3 Å². The molecule has 0 aliphatic rings. The Kier molecular flexibility index (Phi) is 646. The van der Waals surface area contributed by atoms with Crippen LogP contribution in [0, 0.1) is 0 Å². The first-order chi connectivity index (χ1) is 1.41. The average Bonchev–Trinajstić information content (AvgIpc) is 0.918. The molecule has 0 spiro atoms. The normalized spacial score (nSPS) is 2.00. The largest absolute Gasteiger partial charge is 0 e. The molecule has 1 nitrogen and oxygen atoms in total. The van der Waals surface area contributed by atoms with Gasteiger partial charge in [0.2, 0.25) is 0 Å². The predicted molar refractivity (Wildman–Crippen MR) is 411 cm³/mol. The van der Waals surface area contributed by atoms with Crippen molar-refractivity contribution in [3.8, 4) is 0 Å². The van der Waals surface area contributed by atoms with E-state index in [0.29, 0.717) is 0 Å². The van der Waals surface area contributed by atoms with Crippen molar-refractivity contribution in [1.82, 2.24) is 0 Å². The van der Waals surface area contributed by atoms with Gasteiger partial charge in [-0.05, 0) is 0 Å². The van der Waals surface area contributed by atoms with E-state index in [2.05, 4.69) is 12.5 Å². The molecule has 0 aromatic carbocycles. The number of rotatable bonds is 0. The van der Waals surface area contributed by atoms with Gasteiger partial charge in [-0.25, -0.2) is 0 Å². The first-order valence-corrected chi connectivity index (χ1v) is 0.705. The van der Waals surface area contributed by atoms with Crippen LogP contribution in [0.1, 0.15) is 276 Å². The molecule has 0 saturated carbocycles. The van der Waals surface area contributed by atoms with Gasteiger partial charge >= 0.3 is 19.6 Å². The molecule has 0 aromatic rings. The number of nitrogens with zero attached hydrogens (tertiary/aromatic N) is 1. The standard InChI is InChI=1S/CH3BN.3CH4.178H2/c1-3-2;;;;;;;;;;;;;;;;;;;;;;;;;;;;;;;;;;;;;;;;;;;;;;;;;;;;;;;;;;;;;;;;;;;;;;;;;;;;;;;;;;;;;;;;;;;;;;;;;;;;;;;;;;;;;;;;;;;;;;;;;;;;;;;;;;;;;;;;;;;;;;;;;;;;;;;;;;;;;;;;;;;;;;;;;;;;;;;;;;;;;/h1H3;3*1H4;178*1H. The summed E-state index contributed by atoms with van der Waals surface area (Å²) < 4.78 is 0. The summed E-state index contributed by atoms with van der Waals surface area (Å²) in [6.45, 7) is 0. The van der Waals surface area contributed by atoms with Crippen LogP contribution in [-0.4, -0.2) is 14.7 Å². The molecule has 0 aliphatic heterocycles. The van der Waals surface area contributed by atoms with Gasteiger partial charge in [0.05, 0.1) is 0 Å². The van der Waals surface area contributed by atoms with E-state index in [0.717, 1.165) is 0 Å². The molecule has 0 unspecified atom stereocenters. The molecule has 6 heavy (non-hydrogen) atoms. The maximum Gasteiger partial charge on any atom is 0 e. The van der Waals surface area contributed by atoms with Crippen molar-refractivity contribution in [2.24, 2.45) is 4.90 Å². The average molecular weight is 447 g/mol. The van der Waals surface area contributed by atoms with Crippen molar-refractivity contribution < 1.29 is 254 Å². The van der Waals surface area contributed by atoms with Crippen LogP contribution in [0.5, 0.6) is 0 Å². The summed E-state index contributed by atoms with van der Waals surface area (Å²) in [7, 11) is 6.00. The van der Waals surface area contributed by atoms with E-state index in [1.165, 1.54) is 7.05 Å². The molecule has 0 aromatic heterocycles. The van der Waals surface area contributed by atoms with Crippen LogP contribution in [0.15, 0.2) is 4.90 Å². The maximum atomic E-state index is 4.47.